The summed E-state index contributed by atoms with van der Waals surface area (Å²) in [6.07, 6.45) is 10.7. The summed E-state index contributed by atoms with van der Waals surface area (Å²) in [5.74, 6) is -1.41. The number of benzene rings is 1. The van der Waals surface area contributed by atoms with Gasteiger partial charge in [0.1, 0.15) is 5.83 Å². The molecule has 0 aliphatic heterocycles. The fraction of sp³-hybridized carbons (Fsp3) is 0.586. The number of allylic oxidation sites excluding steroid dienone is 4. The third kappa shape index (κ3) is 7.31. The third-order valence-electron chi connectivity index (χ3n) is 7.65. The first-order chi connectivity index (χ1) is 16.9. The average Bonchev–Trinajstić information content (AvgIpc) is 2.86. The Morgan fingerprint density at radius 1 is 1.09 bits per heavy atom. The first-order valence-electron chi connectivity index (χ1n) is 12.9. The van der Waals surface area contributed by atoms with Gasteiger partial charge in [0.2, 0.25) is 0 Å². The number of aliphatic hydroxyl groups is 1. The van der Waals surface area contributed by atoms with Crippen molar-refractivity contribution in [2.24, 2.45) is 11.8 Å². The highest BCUT2D eigenvalue weighted by Crippen LogP contribution is 2.40. The molecule has 1 atom stereocenters. The van der Waals surface area contributed by atoms with E-state index in [1.54, 1.807) is 18.2 Å². The van der Waals surface area contributed by atoms with E-state index in [1.807, 2.05) is 0 Å². The van der Waals surface area contributed by atoms with Crippen LogP contribution < -0.4 is 0 Å². The minimum Gasteiger partial charge on any atom is -0.378 e. The van der Waals surface area contributed by atoms with E-state index in [1.165, 1.54) is 19.3 Å². The minimum absolute atomic E-state index is 0.0234. The van der Waals surface area contributed by atoms with Gasteiger partial charge in [0.25, 0.3) is 0 Å². The number of ether oxygens (including phenoxy) is 2. The molecule has 194 valence electrons. The van der Waals surface area contributed by atoms with Crippen molar-refractivity contribution in [2.45, 2.75) is 83.0 Å². The van der Waals surface area contributed by atoms with Gasteiger partial charge in [-0.05, 0) is 86.3 Å². The Balaban J connectivity index is 1.59. The van der Waals surface area contributed by atoms with Gasteiger partial charge in [0, 0.05) is 12.7 Å². The van der Waals surface area contributed by atoms with Crippen LogP contribution in [-0.2, 0) is 9.47 Å². The van der Waals surface area contributed by atoms with Crippen LogP contribution >= 0.6 is 0 Å². The summed E-state index contributed by atoms with van der Waals surface area (Å²) in [5.41, 5.74) is 1.08. The normalized spacial score (nSPS) is 27.0. The molecule has 1 aromatic rings. The van der Waals surface area contributed by atoms with Crippen LogP contribution in [0.5, 0.6) is 0 Å². The van der Waals surface area contributed by atoms with Gasteiger partial charge in [-0.25, -0.2) is 13.2 Å². The fourth-order valence-electron chi connectivity index (χ4n) is 5.55. The maximum absolute atomic E-state index is 14.9. The highest BCUT2D eigenvalue weighted by atomic mass is 19.2. The molecule has 3 rings (SSSR count). The number of hydrogen-bond donors (Lipinski definition) is 1. The molecule has 0 saturated heterocycles. The molecule has 1 N–H and O–H groups in total. The predicted octanol–water partition coefficient (Wildman–Crippen LogP) is 7.83. The van der Waals surface area contributed by atoms with Crippen molar-refractivity contribution < 1.29 is 27.8 Å². The Morgan fingerprint density at radius 3 is 2.37 bits per heavy atom. The second-order valence-corrected chi connectivity index (χ2v) is 9.89. The Morgan fingerprint density at radius 2 is 1.77 bits per heavy atom. The predicted molar refractivity (Wildman–Crippen MR) is 132 cm³/mol. The first-order valence-corrected chi connectivity index (χ1v) is 12.9. The second kappa shape index (κ2) is 13.4. The summed E-state index contributed by atoms with van der Waals surface area (Å²) < 4.78 is 54.4. The van der Waals surface area contributed by atoms with Gasteiger partial charge in [0.05, 0.1) is 12.7 Å². The van der Waals surface area contributed by atoms with Crippen LogP contribution in [0.2, 0.25) is 0 Å². The number of aliphatic hydroxyl groups excluding tert-OH is 1. The quantitative estimate of drug-likeness (QED) is 0.267. The molecule has 2 saturated carbocycles. The van der Waals surface area contributed by atoms with Gasteiger partial charge in [-0.15, -0.1) is 0 Å². The van der Waals surface area contributed by atoms with Crippen molar-refractivity contribution in [3.8, 4) is 0 Å². The molecule has 0 spiro atoms. The molecule has 0 bridgehead atoms. The van der Waals surface area contributed by atoms with Crippen LogP contribution in [0.4, 0.5) is 13.2 Å². The van der Waals surface area contributed by atoms with E-state index in [0.717, 1.165) is 50.5 Å². The third-order valence-corrected chi connectivity index (χ3v) is 7.65. The Labute approximate surface area is 207 Å². The van der Waals surface area contributed by atoms with Crippen LogP contribution in [0.3, 0.4) is 0 Å². The van der Waals surface area contributed by atoms with Crippen molar-refractivity contribution >= 4 is 0 Å². The molecule has 35 heavy (non-hydrogen) atoms. The summed E-state index contributed by atoms with van der Waals surface area (Å²) >= 11 is 0. The number of rotatable bonds is 10. The molecular weight excluding hydrogens is 453 g/mol. The fourth-order valence-corrected chi connectivity index (χ4v) is 5.55. The van der Waals surface area contributed by atoms with Gasteiger partial charge in [0.15, 0.2) is 17.9 Å². The summed E-state index contributed by atoms with van der Waals surface area (Å²) in [6.45, 7) is 5.80. The molecule has 1 aromatic carbocycles. The lowest BCUT2D eigenvalue weighted by atomic mass is 9.77. The van der Waals surface area contributed by atoms with E-state index < -0.39 is 17.9 Å². The molecule has 0 radical (unpaired) electrons. The lowest BCUT2D eigenvalue weighted by Gasteiger charge is -2.31. The van der Waals surface area contributed by atoms with Crippen molar-refractivity contribution in [2.75, 3.05) is 13.7 Å². The molecule has 0 aromatic heterocycles. The van der Waals surface area contributed by atoms with Gasteiger partial charge in [-0.3, -0.25) is 0 Å². The SMILES string of the molecule is C=C/C=C(\C=C(\F)COC)C1CCC(OC(O)c2ccc(C3CCC(CC)CC3)c(F)c2F)CC1. The summed E-state index contributed by atoms with van der Waals surface area (Å²) in [7, 11) is 1.44. The molecule has 2 aliphatic rings. The molecular formula is C29H39F3O3. The molecule has 2 fully saturated rings. The van der Waals surface area contributed by atoms with Crippen molar-refractivity contribution in [3.63, 3.8) is 0 Å². The lowest BCUT2D eigenvalue weighted by molar-refractivity contribution is -0.151. The van der Waals surface area contributed by atoms with Crippen molar-refractivity contribution in [1.82, 2.24) is 0 Å². The molecule has 0 heterocycles. The number of methoxy groups -OCH3 is 1. The topological polar surface area (TPSA) is 38.7 Å². The van der Waals surface area contributed by atoms with E-state index in [2.05, 4.69) is 13.5 Å². The van der Waals surface area contributed by atoms with Gasteiger partial charge >= 0.3 is 0 Å². The zero-order valence-electron chi connectivity index (χ0n) is 20.9. The summed E-state index contributed by atoms with van der Waals surface area (Å²) in [5, 5.41) is 10.6. The molecule has 0 amide bonds. The van der Waals surface area contributed by atoms with E-state index in [0.29, 0.717) is 24.3 Å². The molecule has 3 nitrogen and oxygen atoms in total. The number of halogens is 3. The molecule has 6 heteroatoms. The van der Waals surface area contributed by atoms with Gasteiger partial charge < -0.3 is 14.6 Å². The molecule has 2 aliphatic carbocycles. The minimum atomic E-state index is -1.53. The van der Waals surface area contributed by atoms with E-state index >= 15 is 0 Å². The maximum Gasteiger partial charge on any atom is 0.184 e. The van der Waals surface area contributed by atoms with Crippen LogP contribution in [0.15, 0.2) is 48.3 Å². The largest absolute Gasteiger partial charge is 0.378 e. The Kier molecular flexibility index (Phi) is 10.6. The highest BCUT2D eigenvalue weighted by Gasteiger charge is 2.30. The zero-order valence-corrected chi connectivity index (χ0v) is 20.9. The van der Waals surface area contributed by atoms with Crippen LogP contribution in [0.25, 0.3) is 0 Å². The van der Waals surface area contributed by atoms with Crippen molar-refractivity contribution in [3.05, 3.63) is 71.1 Å². The monoisotopic (exact) mass is 492 g/mol. The second-order valence-electron chi connectivity index (χ2n) is 9.89. The standard InChI is InChI=1S/C29H39F3O3/c1-4-6-22(17-23(30)18-34-3)20-11-13-24(14-12-20)35-29(33)26-16-15-25(27(31)28(26)32)21-9-7-19(5-2)8-10-21/h4,6,15-17,19-21,24,29,33H,1,5,7-14,18H2,2-3H3/b22-6+,23-17+. The van der Waals surface area contributed by atoms with Crippen LogP contribution in [0.1, 0.15) is 88.0 Å². The van der Waals surface area contributed by atoms with Crippen LogP contribution in [0, 0.1) is 23.5 Å². The number of hydrogen-bond acceptors (Lipinski definition) is 3. The Hall–Kier alpha value is -1.89. The maximum atomic E-state index is 14.9. The first kappa shape index (κ1) is 27.7. The van der Waals surface area contributed by atoms with Gasteiger partial charge in [-0.1, -0.05) is 44.2 Å². The highest BCUT2D eigenvalue weighted by molar-refractivity contribution is 5.30. The Bertz CT molecular complexity index is 895. The van der Waals surface area contributed by atoms with Crippen molar-refractivity contribution in [1.29, 1.82) is 0 Å². The zero-order chi connectivity index (χ0) is 25.4. The van der Waals surface area contributed by atoms with Crippen LogP contribution in [-0.4, -0.2) is 24.9 Å². The summed E-state index contributed by atoms with van der Waals surface area (Å²) in [6, 6.07) is 3.08. The summed E-state index contributed by atoms with van der Waals surface area (Å²) in [4.78, 5) is 0. The molecule has 1 unspecified atom stereocenters. The van der Waals surface area contributed by atoms with Gasteiger partial charge in [-0.2, -0.15) is 0 Å². The van der Waals surface area contributed by atoms with E-state index in [-0.39, 0.29) is 35.9 Å². The smallest absolute Gasteiger partial charge is 0.184 e. The van der Waals surface area contributed by atoms with E-state index in [4.69, 9.17) is 9.47 Å². The average molecular weight is 493 g/mol. The lowest BCUT2D eigenvalue weighted by Crippen LogP contribution is -2.25. The van der Waals surface area contributed by atoms with E-state index in [9.17, 15) is 18.3 Å².